The van der Waals surface area contributed by atoms with Crippen molar-refractivity contribution in [3.8, 4) is 0 Å². The average Bonchev–Trinajstić information content (AvgIpc) is 3.05. The molecule has 0 aliphatic rings. The van der Waals surface area contributed by atoms with Crippen molar-refractivity contribution in [3.05, 3.63) is 53.9 Å². The summed E-state index contributed by atoms with van der Waals surface area (Å²) in [7, 11) is 0. The second-order valence-electron chi connectivity index (χ2n) is 6.13. The number of rotatable bonds is 9. The predicted octanol–water partition coefficient (Wildman–Crippen LogP) is 3.93. The van der Waals surface area contributed by atoms with Crippen molar-refractivity contribution in [1.82, 2.24) is 15.1 Å². The molecule has 25 heavy (non-hydrogen) atoms. The van der Waals surface area contributed by atoms with Crippen LogP contribution in [0.25, 0.3) is 0 Å². The highest BCUT2D eigenvalue weighted by atomic mass is 32.2. The van der Waals surface area contributed by atoms with Gasteiger partial charge in [-0.3, -0.25) is 4.79 Å². The molecule has 1 amide bonds. The van der Waals surface area contributed by atoms with E-state index in [9.17, 15) is 4.79 Å². The maximum absolute atomic E-state index is 12.2. The third-order valence-corrected chi connectivity index (χ3v) is 4.62. The van der Waals surface area contributed by atoms with E-state index < -0.39 is 0 Å². The molecule has 0 radical (unpaired) electrons. The van der Waals surface area contributed by atoms with Crippen LogP contribution in [0.4, 0.5) is 0 Å². The van der Waals surface area contributed by atoms with Crippen LogP contribution in [0.15, 0.2) is 52.1 Å². The SMILES string of the molecule is C=C(C)CN(CC)C(=O)CSc1nnc(CC(C)c2ccccc2)o1. The van der Waals surface area contributed by atoms with Gasteiger partial charge >= 0.3 is 0 Å². The normalized spacial score (nSPS) is 12.0. The molecule has 6 heteroatoms. The molecule has 0 fully saturated rings. The number of nitrogens with zero attached hydrogens (tertiary/aromatic N) is 3. The first kappa shape index (κ1) is 19.2. The van der Waals surface area contributed by atoms with Gasteiger partial charge in [-0.25, -0.2) is 0 Å². The average molecular weight is 359 g/mol. The molecule has 1 aromatic heterocycles. The van der Waals surface area contributed by atoms with Crippen LogP contribution >= 0.6 is 11.8 Å². The Labute approximate surface area is 153 Å². The molecule has 0 aliphatic carbocycles. The van der Waals surface area contributed by atoms with Gasteiger partial charge in [0, 0.05) is 19.5 Å². The lowest BCUT2D eigenvalue weighted by atomic mass is 9.98. The van der Waals surface area contributed by atoms with Crippen molar-refractivity contribution < 1.29 is 9.21 Å². The van der Waals surface area contributed by atoms with Crippen molar-refractivity contribution in [2.45, 2.75) is 38.3 Å². The Morgan fingerprint density at radius 1 is 1.32 bits per heavy atom. The molecule has 134 valence electrons. The Hall–Kier alpha value is -2.08. The fourth-order valence-electron chi connectivity index (χ4n) is 2.46. The number of hydrogen-bond acceptors (Lipinski definition) is 5. The summed E-state index contributed by atoms with van der Waals surface area (Å²) in [6, 6.07) is 10.2. The van der Waals surface area contributed by atoms with Gasteiger partial charge in [-0.15, -0.1) is 10.2 Å². The van der Waals surface area contributed by atoms with E-state index in [0.29, 0.717) is 36.5 Å². The zero-order valence-corrected chi connectivity index (χ0v) is 15.9. The second-order valence-corrected chi connectivity index (χ2v) is 7.06. The minimum atomic E-state index is 0.0490. The molecule has 2 rings (SSSR count). The number of carbonyl (C=O) groups excluding carboxylic acids is 1. The molecule has 1 heterocycles. The van der Waals surface area contributed by atoms with Gasteiger partial charge in [0.25, 0.3) is 5.22 Å². The zero-order chi connectivity index (χ0) is 18.2. The third-order valence-electron chi connectivity index (χ3n) is 3.81. The third kappa shape index (κ3) is 6.05. The quantitative estimate of drug-likeness (QED) is 0.501. The lowest BCUT2D eigenvalue weighted by molar-refractivity contribution is -0.127. The fourth-order valence-corrected chi connectivity index (χ4v) is 3.14. The van der Waals surface area contributed by atoms with Crippen molar-refractivity contribution in [2.75, 3.05) is 18.8 Å². The van der Waals surface area contributed by atoms with Gasteiger partial charge < -0.3 is 9.32 Å². The summed E-state index contributed by atoms with van der Waals surface area (Å²) in [5.74, 6) is 1.23. The summed E-state index contributed by atoms with van der Waals surface area (Å²) in [6.45, 7) is 11.1. The number of aromatic nitrogens is 2. The topological polar surface area (TPSA) is 59.2 Å². The van der Waals surface area contributed by atoms with Crippen LogP contribution < -0.4 is 0 Å². The van der Waals surface area contributed by atoms with Gasteiger partial charge in [-0.2, -0.15) is 0 Å². The van der Waals surface area contributed by atoms with Crippen LogP contribution in [-0.2, 0) is 11.2 Å². The smallest absolute Gasteiger partial charge is 0.277 e. The van der Waals surface area contributed by atoms with E-state index in [4.69, 9.17) is 4.42 Å². The maximum atomic E-state index is 12.2. The van der Waals surface area contributed by atoms with Crippen molar-refractivity contribution in [1.29, 1.82) is 0 Å². The highest BCUT2D eigenvalue weighted by molar-refractivity contribution is 7.99. The molecule has 5 nitrogen and oxygen atoms in total. The highest BCUT2D eigenvalue weighted by Crippen LogP contribution is 2.22. The van der Waals surface area contributed by atoms with Crippen LogP contribution in [0.2, 0.25) is 0 Å². The molecule has 1 unspecified atom stereocenters. The molecule has 1 aromatic carbocycles. The molecular weight excluding hydrogens is 334 g/mol. The Morgan fingerprint density at radius 3 is 2.68 bits per heavy atom. The van der Waals surface area contributed by atoms with E-state index >= 15 is 0 Å². The van der Waals surface area contributed by atoms with E-state index in [1.165, 1.54) is 17.3 Å². The Balaban J connectivity index is 1.87. The highest BCUT2D eigenvalue weighted by Gasteiger charge is 2.16. The summed E-state index contributed by atoms with van der Waals surface area (Å²) in [5.41, 5.74) is 2.21. The first-order valence-corrected chi connectivity index (χ1v) is 9.40. The number of hydrogen-bond donors (Lipinski definition) is 0. The van der Waals surface area contributed by atoms with Crippen LogP contribution in [0.3, 0.4) is 0 Å². The first-order chi connectivity index (χ1) is 12.0. The fraction of sp³-hybridized carbons (Fsp3) is 0.421. The van der Waals surface area contributed by atoms with Crippen molar-refractivity contribution in [3.63, 3.8) is 0 Å². The molecule has 1 atom stereocenters. The zero-order valence-electron chi connectivity index (χ0n) is 15.1. The van der Waals surface area contributed by atoms with E-state index in [1.54, 1.807) is 4.90 Å². The molecule has 2 aromatic rings. The molecule has 0 saturated heterocycles. The number of amides is 1. The maximum Gasteiger partial charge on any atom is 0.277 e. The van der Waals surface area contributed by atoms with E-state index in [1.807, 2.05) is 32.0 Å². The van der Waals surface area contributed by atoms with Gasteiger partial charge in [-0.1, -0.05) is 61.2 Å². The monoisotopic (exact) mass is 359 g/mol. The van der Waals surface area contributed by atoms with Gasteiger partial charge in [0.15, 0.2) is 0 Å². The summed E-state index contributed by atoms with van der Waals surface area (Å²) in [4.78, 5) is 14.0. The summed E-state index contributed by atoms with van der Waals surface area (Å²) in [6.07, 6.45) is 0.683. The van der Waals surface area contributed by atoms with Crippen LogP contribution in [-0.4, -0.2) is 39.8 Å². The van der Waals surface area contributed by atoms with Gasteiger partial charge in [0.05, 0.1) is 5.75 Å². The molecule has 0 N–H and O–H groups in total. The lowest BCUT2D eigenvalue weighted by Gasteiger charge is -2.20. The number of likely N-dealkylation sites (N-methyl/N-ethyl adjacent to an activating group) is 1. The summed E-state index contributed by atoms with van der Waals surface area (Å²) in [5, 5.41) is 8.58. The van der Waals surface area contributed by atoms with Crippen LogP contribution in [0.1, 0.15) is 38.1 Å². The summed E-state index contributed by atoms with van der Waals surface area (Å²) < 4.78 is 5.67. The number of carbonyl (C=O) groups is 1. The number of thioether (sulfide) groups is 1. The number of benzene rings is 1. The Kier molecular flexibility index (Phi) is 7.25. The second kappa shape index (κ2) is 9.42. The van der Waals surface area contributed by atoms with Crippen molar-refractivity contribution >= 4 is 17.7 Å². The molecular formula is C19H25N3O2S. The molecule has 0 bridgehead atoms. The molecule has 0 aliphatic heterocycles. The van der Waals surface area contributed by atoms with Crippen LogP contribution in [0.5, 0.6) is 0 Å². The van der Waals surface area contributed by atoms with Gasteiger partial charge in [0.1, 0.15) is 0 Å². The Bertz CT molecular complexity index is 700. The minimum absolute atomic E-state index is 0.0490. The Morgan fingerprint density at radius 2 is 2.04 bits per heavy atom. The van der Waals surface area contributed by atoms with Gasteiger partial charge in [-0.05, 0) is 25.3 Å². The van der Waals surface area contributed by atoms with E-state index in [0.717, 1.165) is 5.57 Å². The predicted molar refractivity (Wildman–Crippen MR) is 101 cm³/mol. The molecule has 0 spiro atoms. The first-order valence-electron chi connectivity index (χ1n) is 8.41. The van der Waals surface area contributed by atoms with Gasteiger partial charge in [0.2, 0.25) is 11.8 Å². The van der Waals surface area contributed by atoms with Crippen molar-refractivity contribution in [2.24, 2.45) is 0 Å². The van der Waals surface area contributed by atoms with E-state index in [2.05, 4.69) is 35.8 Å². The largest absolute Gasteiger partial charge is 0.416 e. The van der Waals surface area contributed by atoms with E-state index in [-0.39, 0.29) is 11.7 Å². The minimum Gasteiger partial charge on any atom is -0.416 e. The standard InChI is InChI=1S/C19H25N3O2S/c1-5-22(12-14(2)3)18(23)13-25-19-21-20-17(24-19)11-15(4)16-9-7-6-8-10-16/h6-10,15H,2,5,11-13H2,1,3-4H3. The molecule has 0 saturated carbocycles. The van der Waals surface area contributed by atoms with Crippen LogP contribution in [0, 0.1) is 0 Å². The summed E-state index contributed by atoms with van der Waals surface area (Å²) >= 11 is 1.28. The lowest BCUT2D eigenvalue weighted by Crippen LogP contribution is -2.33.